The summed E-state index contributed by atoms with van der Waals surface area (Å²) in [6, 6.07) is 12.0. The summed E-state index contributed by atoms with van der Waals surface area (Å²) >= 11 is 0. The number of methoxy groups -OCH3 is 1. The number of ether oxygens (including phenoxy) is 3. The Hall–Kier alpha value is -2.83. The fourth-order valence-electron chi connectivity index (χ4n) is 4.47. The van der Waals surface area contributed by atoms with Crippen molar-refractivity contribution in [2.24, 2.45) is 5.92 Å². The summed E-state index contributed by atoms with van der Waals surface area (Å²) in [5, 5.41) is 0. The minimum absolute atomic E-state index is 0.0631. The molecule has 4 rings (SSSR count). The Morgan fingerprint density at radius 2 is 1.64 bits per heavy atom. The third kappa shape index (κ3) is 5.40. The van der Waals surface area contributed by atoms with E-state index in [9.17, 15) is 14.0 Å². The van der Waals surface area contributed by atoms with Gasteiger partial charge in [0.2, 0.25) is 0 Å². The van der Waals surface area contributed by atoms with Crippen LogP contribution in [0.15, 0.2) is 48.2 Å². The molecule has 33 heavy (non-hydrogen) atoms. The third-order valence-corrected chi connectivity index (χ3v) is 6.47. The van der Waals surface area contributed by atoms with Gasteiger partial charge in [-0.25, -0.2) is 9.18 Å². The lowest BCUT2D eigenvalue weighted by Gasteiger charge is -2.30. The van der Waals surface area contributed by atoms with Gasteiger partial charge >= 0.3 is 5.97 Å². The Labute approximate surface area is 193 Å². The van der Waals surface area contributed by atoms with Gasteiger partial charge in [0.15, 0.2) is 11.9 Å². The van der Waals surface area contributed by atoms with E-state index in [-0.39, 0.29) is 23.6 Å². The van der Waals surface area contributed by atoms with E-state index in [0.29, 0.717) is 17.9 Å². The van der Waals surface area contributed by atoms with Crippen molar-refractivity contribution in [2.45, 2.75) is 51.7 Å². The average molecular weight is 453 g/mol. The van der Waals surface area contributed by atoms with Crippen LogP contribution in [0.2, 0.25) is 0 Å². The number of ketones is 1. The summed E-state index contributed by atoms with van der Waals surface area (Å²) in [7, 11) is 1.71. The highest BCUT2D eigenvalue weighted by molar-refractivity contribution is 6.21. The highest BCUT2D eigenvalue weighted by Crippen LogP contribution is 2.38. The summed E-state index contributed by atoms with van der Waals surface area (Å²) in [6.07, 6.45) is 2.81. The maximum Gasteiger partial charge on any atom is 0.342 e. The van der Waals surface area contributed by atoms with Crippen LogP contribution in [-0.2, 0) is 23.8 Å². The van der Waals surface area contributed by atoms with Gasteiger partial charge in [0, 0.05) is 13.0 Å². The standard InChI is InChI=1S/C27H29FO5/c1-16-4-5-20(18-6-10-21(28)11-7-18)14-23(16)25(17(2)29)26(33-27(30)24-15-32-24)19-8-12-22(31-3)13-9-19/h4-7,10-11,14,19,22,24H,8-9,12-13,15H2,1-3H3/b26-25-. The van der Waals surface area contributed by atoms with E-state index in [2.05, 4.69) is 0 Å². The molecule has 1 aliphatic carbocycles. The maximum absolute atomic E-state index is 13.4. The molecule has 0 spiro atoms. The molecule has 1 atom stereocenters. The number of benzene rings is 2. The van der Waals surface area contributed by atoms with Crippen LogP contribution < -0.4 is 0 Å². The number of aryl methyl sites for hydroxylation is 1. The van der Waals surface area contributed by atoms with Crippen LogP contribution in [0.25, 0.3) is 16.7 Å². The van der Waals surface area contributed by atoms with Crippen molar-refractivity contribution in [1.29, 1.82) is 0 Å². The molecular weight excluding hydrogens is 423 g/mol. The first-order chi connectivity index (χ1) is 15.9. The minimum Gasteiger partial charge on any atom is -0.428 e. The van der Waals surface area contributed by atoms with E-state index in [4.69, 9.17) is 14.2 Å². The fourth-order valence-corrected chi connectivity index (χ4v) is 4.47. The molecule has 5 nitrogen and oxygen atoms in total. The van der Waals surface area contributed by atoms with Crippen molar-refractivity contribution in [3.05, 3.63) is 65.2 Å². The normalized spacial score (nSPS) is 23.0. The van der Waals surface area contributed by atoms with Crippen molar-refractivity contribution < 1.29 is 28.2 Å². The van der Waals surface area contributed by atoms with Gasteiger partial charge in [0.25, 0.3) is 0 Å². The second-order valence-corrected chi connectivity index (χ2v) is 8.78. The van der Waals surface area contributed by atoms with Crippen LogP contribution in [0, 0.1) is 18.7 Å². The molecule has 6 heteroatoms. The number of hydrogen-bond acceptors (Lipinski definition) is 5. The van der Waals surface area contributed by atoms with E-state index in [1.807, 2.05) is 25.1 Å². The Morgan fingerprint density at radius 1 is 1.00 bits per heavy atom. The topological polar surface area (TPSA) is 65.1 Å². The Kier molecular flexibility index (Phi) is 7.05. The Bertz CT molecular complexity index is 1060. The first kappa shape index (κ1) is 23.3. The SMILES string of the molecule is COC1CCC(/C(OC(=O)C2CO2)=C(\C(C)=O)c2cc(-c3ccc(F)cc3)ccc2C)CC1. The second kappa shape index (κ2) is 9.98. The van der Waals surface area contributed by atoms with Crippen LogP contribution in [0.1, 0.15) is 43.7 Å². The molecule has 0 N–H and O–H groups in total. The molecule has 2 aliphatic rings. The number of rotatable bonds is 7. The van der Waals surface area contributed by atoms with Crippen molar-refractivity contribution >= 4 is 17.3 Å². The minimum atomic E-state index is -0.560. The number of halogens is 1. The van der Waals surface area contributed by atoms with Crippen LogP contribution >= 0.6 is 0 Å². The van der Waals surface area contributed by atoms with Gasteiger partial charge in [-0.1, -0.05) is 24.3 Å². The van der Waals surface area contributed by atoms with E-state index >= 15 is 0 Å². The zero-order valence-electron chi connectivity index (χ0n) is 19.2. The Balaban J connectivity index is 1.79. The predicted octanol–water partition coefficient (Wildman–Crippen LogP) is 5.25. The Morgan fingerprint density at radius 3 is 2.21 bits per heavy atom. The first-order valence-corrected chi connectivity index (χ1v) is 11.4. The molecule has 0 radical (unpaired) electrons. The predicted molar refractivity (Wildman–Crippen MR) is 123 cm³/mol. The summed E-state index contributed by atoms with van der Waals surface area (Å²) in [5.41, 5.74) is 3.73. The number of carbonyl (C=O) groups excluding carboxylic acids is 2. The van der Waals surface area contributed by atoms with E-state index in [1.165, 1.54) is 19.1 Å². The lowest BCUT2D eigenvalue weighted by molar-refractivity contribution is -0.142. The first-order valence-electron chi connectivity index (χ1n) is 11.4. The second-order valence-electron chi connectivity index (χ2n) is 8.78. The van der Waals surface area contributed by atoms with Crippen LogP contribution in [0.5, 0.6) is 0 Å². The van der Waals surface area contributed by atoms with Gasteiger partial charge in [-0.05, 0) is 80.0 Å². The van der Waals surface area contributed by atoms with E-state index in [0.717, 1.165) is 47.9 Å². The molecule has 174 valence electrons. The molecule has 1 saturated carbocycles. The van der Waals surface area contributed by atoms with Crippen LogP contribution in [-0.4, -0.2) is 37.7 Å². The quantitative estimate of drug-likeness (QED) is 0.249. The smallest absolute Gasteiger partial charge is 0.342 e. The molecule has 1 aliphatic heterocycles. The average Bonchev–Trinajstić information content (AvgIpc) is 3.66. The van der Waals surface area contributed by atoms with E-state index < -0.39 is 12.1 Å². The van der Waals surface area contributed by atoms with Gasteiger partial charge in [0.1, 0.15) is 11.6 Å². The zero-order valence-corrected chi connectivity index (χ0v) is 19.2. The van der Waals surface area contributed by atoms with Gasteiger partial charge in [-0.3, -0.25) is 4.79 Å². The molecule has 0 bridgehead atoms. The lowest BCUT2D eigenvalue weighted by Crippen LogP contribution is -2.26. The molecule has 0 aromatic heterocycles. The van der Waals surface area contributed by atoms with Crippen LogP contribution in [0.3, 0.4) is 0 Å². The summed E-state index contributed by atoms with van der Waals surface area (Å²) < 4.78 is 29.9. The van der Waals surface area contributed by atoms with Crippen molar-refractivity contribution in [1.82, 2.24) is 0 Å². The van der Waals surface area contributed by atoms with Gasteiger partial charge < -0.3 is 14.2 Å². The number of Topliss-reactive ketones (excluding diaryl/α,β-unsaturated/α-hetero) is 1. The maximum atomic E-state index is 13.4. The molecule has 1 heterocycles. The number of esters is 1. The van der Waals surface area contributed by atoms with Gasteiger partial charge in [0.05, 0.1) is 18.3 Å². The summed E-state index contributed by atoms with van der Waals surface area (Å²) in [5.74, 6) is -0.560. The highest BCUT2D eigenvalue weighted by Gasteiger charge is 2.37. The number of hydrogen-bond donors (Lipinski definition) is 0. The van der Waals surface area contributed by atoms with E-state index in [1.54, 1.807) is 19.2 Å². The summed E-state index contributed by atoms with van der Waals surface area (Å²) in [6.45, 7) is 3.77. The molecule has 0 amide bonds. The molecular formula is C27H29FO5. The molecule has 2 fully saturated rings. The third-order valence-electron chi connectivity index (χ3n) is 6.47. The highest BCUT2D eigenvalue weighted by atomic mass is 19.1. The largest absolute Gasteiger partial charge is 0.428 e. The number of epoxide rings is 1. The fraction of sp³-hybridized carbons (Fsp3) is 0.407. The van der Waals surface area contributed by atoms with Gasteiger partial charge in [-0.15, -0.1) is 0 Å². The number of carbonyl (C=O) groups is 2. The molecule has 2 aromatic carbocycles. The molecule has 1 saturated heterocycles. The summed E-state index contributed by atoms with van der Waals surface area (Å²) in [4.78, 5) is 25.6. The monoisotopic (exact) mass is 452 g/mol. The van der Waals surface area contributed by atoms with Crippen molar-refractivity contribution in [2.75, 3.05) is 13.7 Å². The number of allylic oxidation sites excluding steroid dienone is 2. The van der Waals surface area contributed by atoms with Crippen molar-refractivity contribution in [3.63, 3.8) is 0 Å². The zero-order chi connectivity index (χ0) is 23.5. The lowest BCUT2D eigenvalue weighted by atomic mass is 9.82. The van der Waals surface area contributed by atoms with Crippen molar-refractivity contribution in [3.8, 4) is 11.1 Å². The van der Waals surface area contributed by atoms with Gasteiger partial charge in [-0.2, -0.15) is 0 Å². The van der Waals surface area contributed by atoms with Crippen LogP contribution in [0.4, 0.5) is 4.39 Å². The molecule has 2 aromatic rings. The molecule has 1 unspecified atom stereocenters.